The second-order valence-corrected chi connectivity index (χ2v) is 26.5. The van der Waals surface area contributed by atoms with Crippen LogP contribution in [0.15, 0.2) is 79.3 Å². The molecule has 540 valence electrons. The summed E-state index contributed by atoms with van der Waals surface area (Å²) in [5.41, 5.74) is 5.00. The number of benzene rings is 2. The van der Waals surface area contributed by atoms with Crippen LogP contribution in [0.25, 0.3) is 21.9 Å². The number of hydrogen-bond donors (Lipinski definition) is 2. The molecule has 2 saturated heterocycles. The number of ether oxygens (including phenoxy) is 1. The molecule has 6 aliphatic heterocycles. The van der Waals surface area contributed by atoms with E-state index in [9.17, 15) is 66.6 Å². The predicted molar refractivity (Wildman–Crippen MR) is 367 cm³/mol. The van der Waals surface area contributed by atoms with Gasteiger partial charge in [-0.25, -0.2) is 18.7 Å². The maximum absolute atomic E-state index is 13.5. The number of ketones is 3. The zero-order valence-corrected chi connectivity index (χ0v) is 57.3. The highest BCUT2D eigenvalue weighted by molar-refractivity contribution is 6.15. The lowest BCUT2D eigenvalue weighted by molar-refractivity contribution is -0.151. The van der Waals surface area contributed by atoms with Gasteiger partial charge in [0.15, 0.2) is 23.1 Å². The molecule has 0 spiro atoms. The number of terminal acetylenes is 1. The fourth-order valence-electron chi connectivity index (χ4n) is 12.7. The first-order chi connectivity index (χ1) is 48.0. The number of carbonyl (C=O) groups is 9. The molecule has 10 heterocycles. The zero-order chi connectivity index (χ0) is 73.4. The van der Waals surface area contributed by atoms with Gasteiger partial charge >= 0.3 is 5.97 Å². The van der Waals surface area contributed by atoms with Crippen molar-refractivity contribution >= 4 is 74.8 Å². The van der Waals surface area contributed by atoms with E-state index >= 15 is 0 Å². The monoisotopic (exact) mass is 1400 g/mol. The number of piperidine rings is 2. The quantitative estimate of drug-likeness (QED) is 0.0491. The molecule has 28 heteroatoms. The van der Waals surface area contributed by atoms with Gasteiger partial charge < -0.3 is 38.8 Å². The van der Waals surface area contributed by atoms with E-state index < -0.39 is 60.8 Å². The molecule has 101 heavy (non-hydrogen) atoms. The third-order valence-electron chi connectivity index (χ3n) is 18.2. The number of likely N-dealkylation sites (tertiary alicyclic amines) is 2. The van der Waals surface area contributed by atoms with Gasteiger partial charge in [0.1, 0.15) is 55.4 Å². The number of halogens is 2. The number of carbonyl (C=O) groups excluding carboxylic acids is 9. The van der Waals surface area contributed by atoms with Crippen LogP contribution in [0.4, 0.5) is 8.78 Å². The van der Waals surface area contributed by atoms with Crippen molar-refractivity contribution in [3.63, 3.8) is 0 Å². The maximum Gasteiger partial charge on any atom is 0.326 e. The zero-order valence-electron chi connectivity index (χ0n) is 58.3. The molecule has 4 aromatic heterocycles. The molecular weight excluding hydrogens is 1310 g/mol. The van der Waals surface area contributed by atoms with Crippen molar-refractivity contribution in [2.75, 3.05) is 58.9 Å². The maximum atomic E-state index is 13.5. The highest BCUT2D eigenvalue weighted by atomic mass is 19.1. The molecular formula is C73H89F2N11O15. The summed E-state index contributed by atoms with van der Waals surface area (Å²) in [4.78, 5) is 144. The van der Waals surface area contributed by atoms with Crippen LogP contribution >= 0.6 is 0 Å². The van der Waals surface area contributed by atoms with Gasteiger partial charge in [0.2, 0.25) is 5.91 Å². The Balaban J connectivity index is 0.000000219. The van der Waals surface area contributed by atoms with Crippen LogP contribution in [0.3, 0.4) is 0 Å². The third-order valence-corrected chi connectivity index (χ3v) is 18.2. The fourth-order valence-corrected chi connectivity index (χ4v) is 12.7. The highest BCUT2D eigenvalue weighted by Gasteiger charge is 2.33. The lowest BCUT2D eigenvalue weighted by Gasteiger charge is -2.31. The molecule has 0 saturated carbocycles. The van der Waals surface area contributed by atoms with Crippen molar-refractivity contribution in [1.82, 2.24) is 54.3 Å². The van der Waals surface area contributed by atoms with Crippen molar-refractivity contribution in [3.8, 4) is 12.8 Å². The summed E-state index contributed by atoms with van der Waals surface area (Å²) >= 11 is 0. The lowest BCUT2D eigenvalue weighted by Crippen LogP contribution is -2.42. The van der Waals surface area contributed by atoms with E-state index in [2.05, 4.69) is 41.8 Å². The summed E-state index contributed by atoms with van der Waals surface area (Å²) in [7, 11) is 0. The van der Waals surface area contributed by atoms with Crippen molar-refractivity contribution in [3.05, 3.63) is 139 Å². The van der Waals surface area contributed by atoms with Crippen LogP contribution in [0.1, 0.15) is 177 Å². The van der Waals surface area contributed by atoms with E-state index in [0.29, 0.717) is 105 Å². The molecule has 2 aromatic carbocycles. The van der Waals surface area contributed by atoms with Crippen LogP contribution in [-0.4, -0.2) is 166 Å². The smallest absolute Gasteiger partial charge is 0.326 e. The normalized spacial score (nSPS) is 17.7. The Labute approximate surface area is 584 Å². The minimum atomic E-state index is -0.738. The second-order valence-electron chi connectivity index (χ2n) is 26.5. The molecule has 26 nitrogen and oxygen atoms in total. The largest absolute Gasteiger partial charge is 0.453 e. The van der Waals surface area contributed by atoms with Crippen LogP contribution in [0, 0.1) is 43.7 Å². The molecule has 0 aliphatic carbocycles. The summed E-state index contributed by atoms with van der Waals surface area (Å²) in [6.45, 7) is 17.1. The summed E-state index contributed by atoms with van der Waals surface area (Å²) in [6.07, 6.45) is 17.0. The van der Waals surface area contributed by atoms with Crippen molar-refractivity contribution < 1.29 is 72.2 Å². The minimum Gasteiger partial charge on any atom is -0.453 e. The molecule has 0 radical (unpaired) electrons. The standard InChI is InChI=1S/C31H33FN6O7.C23H27FN4O3.C9H16O2.C7H7NO3.C2H2.CH4/c1-18-21(10-14-36-12-8-19(9-13-36)29-22-5-4-20(32)15-24(22)45-35-29)31(43)37-11-2-3-23(30(37)34-18)44-28(42)16-33-25(39)17-38-26(40)6-7-27(38)41;1-14-17(23(30)28-9-2-3-19(29)22(28)25-14)8-12-27-10-6-15(7-11-27)21-18-5-4-16(24)13-20(18)31-26-21;1-7(10)5-6-8(11)9(2,3)4;1-5(9)4-8-6(10)2-3-7(8)11;1-2;/h4-7,15,19,23H,2-3,8-14,16-17H2,1H3,(H,33,39);4-5,13,15,19,29H,2-3,6-12H2,1H3;5-6H2,1-4H3;2-3H,4H2,1H3;1-2H;1H4/i;;;;1D;. The number of amides is 5. The average Bonchev–Trinajstić information content (AvgIpc) is 1.53. The number of aryl methyl sites for hydroxylation is 2. The van der Waals surface area contributed by atoms with Gasteiger partial charge in [-0.3, -0.25) is 66.9 Å². The van der Waals surface area contributed by atoms with Gasteiger partial charge in [0, 0.05) is 126 Å². The summed E-state index contributed by atoms with van der Waals surface area (Å²) in [5, 5.41) is 22.7. The fraction of sp³-hybridized carbons (Fsp3) is 0.493. The first-order valence-electron chi connectivity index (χ1n) is 33.9. The van der Waals surface area contributed by atoms with E-state index in [-0.39, 0.29) is 65.4 Å². The van der Waals surface area contributed by atoms with Crippen LogP contribution < -0.4 is 16.4 Å². The number of nitrogens with one attached hydrogen (secondary N) is 1. The molecule has 2 atom stereocenters. The van der Waals surface area contributed by atoms with Gasteiger partial charge in [-0.05, 0) is 142 Å². The van der Waals surface area contributed by atoms with Crippen molar-refractivity contribution in [2.24, 2.45) is 5.41 Å². The lowest BCUT2D eigenvalue weighted by atomic mass is 9.88. The minimum absolute atomic E-state index is 0. The summed E-state index contributed by atoms with van der Waals surface area (Å²) in [5.74, 6) is -2.63. The molecule has 12 rings (SSSR count). The second kappa shape index (κ2) is 35.5. The van der Waals surface area contributed by atoms with Gasteiger partial charge in [-0.15, -0.1) is 12.8 Å². The van der Waals surface area contributed by atoms with E-state index in [1.807, 2.05) is 27.7 Å². The number of esters is 1. The first-order valence-corrected chi connectivity index (χ1v) is 33.4. The molecule has 6 aliphatic rings. The number of Topliss-reactive ketones (excluding diaryl/α,β-unsaturated/α-hetero) is 3. The number of aliphatic hydroxyl groups is 1. The molecule has 2 fully saturated rings. The Bertz CT molecular complexity index is 4300. The SMILES string of the molecule is C.CC(=O)CCC(=O)C(C)(C)C.CC(=O)CN1C(=O)C=CC1=O.Cc1nc2n(c(=O)c1CCN1CCC(c3noc4cc(F)ccc34)CC1)CCCC2O.Cc1nc2n(c(=O)c1CCN1CCC(c3noc4cc(F)ccc34)CC1)CCCC2OC(=O)CNC(=O)CN1C(=O)C=CC1=O.[2H]C#C. The van der Waals surface area contributed by atoms with Crippen molar-refractivity contribution in [2.45, 2.75) is 170 Å². The number of aromatic nitrogens is 6. The van der Waals surface area contributed by atoms with Crippen LogP contribution in [-0.2, 0) is 73.8 Å². The Hall–Kier alpha value is -9.85. The van der Waals surface area contributed by atoms with E-state index in [4.69, 9.17) is 15.2 Å². The summed E-state index contributed by atoms with van der Waals surface area (Å²) in [6, 6.07) is 9.07. The Morgan fingerprint density at radius 2 is 1.08 bits per heavy atom. The van der Waals surface area contributed by atoms with Crippen molar-refractivity contribution in [1.29, 1.82) is 0 Å². The van der Waals surface area contributed by atoms with Gasteiger partial charge in [0.05, 0.1) is 17.9 Å². The number of rotatable bonds is 18. The first kappa shape index (κ1) is 76.9. The summed E-state index contributed by atoms with van der Waals surface area (Å²) < 4.78 is 52.2. The van der Waals surface area contributed by atoms with Gasteiger partial charge in [-0.1, -0.05) is 38.5 Å². The predicted octanol–water partition coefficient (Wildman–Crippen LogP) is 7.11. The number of aliphatic hydroxyl groups excluding tert-OH is 1. The number of imide groups is 2. The molecule has 5 amide bonds. The van der Waals surface area contributed by atoms with E-state index in [1.54, 1.807) is 28.2 Å². The van der Waals surface area contributed by atoms with E-state index in [0.717, 1.165) is 132 Å². The Kier molecular flexibility index (Phi) is 27.0. The van der Waals surface area contributed by atoms with Crippen LogP contribution in [0.5, 0.6) is 0 Å². The highest BCUT2D eigenvalue weighted by Crippen LogP contribution is 2.35. The average molecular weight is 1400 g/mol. The third kappa shape index (κ3) is 20.2. The van der Waals surface area contributed by atoms with Crippen LogP contribution in [0.2, 0.25) is 0 Å². The number of nitrogens with zero attached hydrogens (tertiary/aromatic N) is 10. The van der Waals surface area contributed by atoms with Gasteiger partial charge in [-0.2, -0.15) is 0 Å². The molecule has 2 N–H and O–H groups in total. The topological polar surface area (TPSA) is 330 Å². The van der Waals surface area contributed by atoms with E-state index in [1.165, 1.54) is 44.5 Å². The Morgan fingerprint density at radius 3 is 1.52 bits per heavy atom. The van der Waals surface area contributed by atoms with Gasteiger partial charge in [0.25, 0.3) is 34.7 Å². The molecule has 6 aromatic rings. The number of hydrogen-bond acceptors (Lipinski definition) is 21. The molecule has 2 unspecified atom stereocenters. The Morgan fingerprint density at radius 1 is 0.644 bits per heavy atom. The molecule has 0 bridgehead atoms. The number of fused-ring (bicyclic) bond motifs is 4.